The molecule has 0 rings (SSSR count). The molecule has 2 N–H and O–H groups in total. The molecule has 0 spiro atoms. The number of hydrogen-bond donors (Lipinski definition) is 2. The first kappa shape index (κ1) is 66.1. The number of ether oxygens (including phenoxy) is 3. The zero-order valence-electron chi connectivity index (χ0n) is 43.7. The minimum absolute atomic E-state index is 0.0745. The molecule has 0 radical (unpaired) electrons. The number of carbonyl (C=O) groups excluding carboxylic acids is 3. The van der Waals surface area contributed by atoms with Gasteiger partial charge in [0.2, 0.25) is 0 Å². The maximum atomic E-state index is 12.8. The second-order valence-corrected chi connectivity index (χ2v) is 18.8. The van der Waals surface area contributed by atoms with Crippen molar-refractivity contribution in [2.24, 2.45) is 0 Å². The van der Waals surface area contributed by atoms with Crippen molar-refractivity contribution in [1.82, 2.24) is 0 Å². The second kappa shape index (κ2) is 51.5. The molecule has 0 amide bonds. The molecule has 0 aromatic rings. The van der Waals surface area contributed by atoms with Gasteiger partial charge >= 0.3 is 25.7 Å². The summed E-state index contributed by atoms with van der Waals surface area (Å²) in [5, 5.41) is 9.77. The summed E-state index contributed by atoms with van der Waals surface area (Å²) in [7, 11) is -4.78. The number of esters is 3. The van der Waals surface area contributed by atoms with Crippen LogP contribution in [0.4, 0.5) is 0 Å². The van der Waals surface area contributed by atoms with E-state index in [0.29, 0.717) is 19.3 Å². The minimum Gasteiger partial charge on any atom is -0.462 e. The third-order valence-electron chi connectivity index (χ3n) is 10.7. The minimum atomic E-state index is -4.78. The summed E-state index contributed by atoms with van der Waals surface area (Å²) >= 11 is 0. The summed E-state index contributed by atoms with van der Waals surface area (Å²) < 4.78 is 39.2. The molecule has 398 valence electrons. The van der Waals surface area contributed by atoms with E-state index in [0.717, 1.165) is 96.3 Å². The van der Waals surface area contributed by atoms with E-state index in [1.807, 2.05) is 18.2 Å². The van der Waals surface area contributed by atoms with E-state index in [4.69, 9.17) is 23.3 Å². The lowest BCUT2D eigenvalue weighted by Gasteiger charge is -2.21. The van der Waals surface area contributed by atoms with Crippen LogP contribution in [0.2, 0.25) is 0 Å². The molecular weight excluding hydrogens is 904 g/mol. The number of hydrogen-bond acceptors (Lipinski definition) is 10. The summed E-state index contributed by atoms with van der Waals surface area (Å²) in [6, 6.07) is 0. The molecule has 0 aliphatic rings. The van der Waals surface area contributed by atoms with Gasteiger partial charge in [-0.1, -0.05) is 207 Å². The molecule has 12 heteroatoms. The average Bonchev–Trinajstić information content (AvgIpc) is 3.35. The van der Waals surface area contributed by atoms with Gasteiger partial charge in [0.15, 0.2) is 6.10 Å². The van der Waals surface area contributed by atoms with Crippen molar-refractivity contribution < 1.29 is 52.2 Å². The SMILES string of the molecule is CC/C=C\C/C=C\C/C=C\C/C=C\C/C=C\CC(=O)OC(COC(=O)CCCCCC/C=C\C/C=C\C/C=C\C/C=C\CC)COP(=O)(O)OCC(CO)OC(=O)CCCCCCCCCCCCC. The number of rotatable bonds is 48. The molecule has 0 saturated carbocycles. The lowest BCUT2D eigenvalue weighted by Crippen LogP contribution is -2.30. The number of allylic oxidation sites excluding steroid dienone is 17. The Morgan fingerprint density at radius 3 is 1.26 bits per heavy atom. The van der Waals surface area contributed by atoms with E-state index >= 15 is 0 Å². The summed E-state index contributed by atoms with van der Waals surface area (Å²) in [4.78, 5) is 48.3. The summed E-state index contributed by atoms with van der Waals surface area (Å²) in [6.07, 6.45) is 60.9. The van der Waals surface area contributed by atoms with Gasteiger partial charge in [0, 0.05) is 12.8 Å². The zero-order chi connectivity index (χ0) is 51.3. The van der Waals surface area contributed by atoms with E-state index in [9.17, 15) is 28.9 Å². The Bertz CT molecular complexity index is 1590. The summed E-state index contributed by atoms with van der Waals surface area (Å²) in [6.45, 7) is 4.24. The first-order chi connectivity index (χ1) is 34.2. The van der Waals surface area contributed by atoms with E-state index in [1.54, 1.807) is 6.08 Å². The van der Waals surface area contributed by atoms with Crippen molar-refractivity contribution in [3.8, 4) is 0 Å². The lowest BCUT2D eigenvalue weighted by molar-refractivity contribution is -0.160. The van der Waals surface area contributed by atoms with Crippen molar-refractivity contribution in [3.05, 3.63) is 109 Å². The van der Waals surface area contributed by atoms with Crippen molar-refractivity contribution >= 4 is 25.7 Å². The average molecular weight is 999 g/mol. The van der Waals surface area contributed by atoms with Gasteiger partial charge < -0.3 is 24.2 Å². The highest BCUT2D eigenvalue weighted by Crippen LogP contribution is 2.43. The number of unbranched alkanes of at least 4 members (excludes halogenated alkanes) is 14. The standard InChI is InChI=1S/C58H95O11P/c1-4-7-10-13-16-19-22-24-26-27-29-30-33-35-38-41-44-47-56(60)65-51-55(69-58(62)49-46-43-40-37-34-31-28-25-23-20-17-14-11-8-5-2)53-67-70(63,64)66-52-54(50-59)68-57(61)48-45-42-39-36-32-21-18-15-12-9-6-3/h7-8,10-11,16-17,19-20,24-26,28-30,34,37,43,46,54-55,59H,4-6,9,12-15,18,21-23,27,31-33,35-36,38-42,44-45,47-53H2,1-3H3,(H,63,64)/b10-7-,11-8-,19-16-,20-17-,26-24-,28-25-,30-29-,37-34-,46-43-. The fourth-order valence-electron chi connectivity index (χ4n) is 6.72. The molecule has 0 aliphatic heterocycles. The quantitative estimate of drug-likeness (QED) is 0.0197. The summed E-state index contributed by atoms with van der Waals surface area (Å²) in [5.74, 6) is -1.66. The number of aliphatic hydroxyl groups is 1. The number of phosphoric acid groups is 1. The highest BCUT2D eigenvalue weighted by atomic mass is 31.2. The topological polar surface area (TPSA) is 155 Å². The third kappa shape index (κ3) is 49.1. The molecule has 11 nitrogen and oxygen atoms in total. The van der Waals surface area contributed by atoms with Crippen LogP contribution in [0.15, 0.2) is 109 Å². The Morgan fingerprint density at radius 2 is 0.800 bits per heavy atom. The first-order valence-electron chi connectivity index (χ1n) is 26.8. The van der Waals surface area contributed by atoms with E-state index < -0.39 is 64.4 Å². The van der Waals surface area contributed by atoms with E-state index in [-0.39, 0.29) is 19.3 Å². The maximum Gasteiger partial charge on any atom is 0.472 e. The van der Waals surface area contributed by atoms with Crippen LogP contribution in [0.1, 0.15) is 201 Å². The molecule has 0 aromatic heterocycles. The fraction of sp³-hybridized carbons (Fsp3) is 0.638. The Labute approximate surface area is 425 Å². The van der Waals surface area contributed by atoms with Crippen molar-refractivity contribution in [3.63, 3.8) is 0 Å². The van der Waals surface area contributed by atoms with Gasteiger partial charge in [-0.05, 0) is 83.5 Å². The Hall–Kier alpha value is -3.86. The van der Waals surface area contributed by atoms with Crippen LogP contribution in [-0.2, 0) is 42.2 Å². The largest absolute Gasteiger partial charge is 0.472 e. The third-order valence-corrected chi connectivity index (χ3v) is 11.7. The van der Waals surface area contributed by atoms with E-state index in [2.05, 4.69) is 106 Å². The Kier molecular flexibility index (Phi) is 48.7. The molecule has 3 atom stereocenters. The number of aliphatic hydroxyl groups excluding tert-OH is 1. The van der Waals surface area contributed by atoms with Gasteiger partial charge in [-0.15, -0.1) is 0 Å². The van der Waals surface area contributed by atoms with Crippen molar-refractivity contribution in [1.29, 1.82) is 0 Å². The van der Waals surface area contributed by atoms with Crippen LogP contribution in [0.25, 0.3) is 0 Å². The van der Waals surface area contributed by atoms with Gasteiger partial charge in [-0.3, -0.25) is 23.4 Å². The lowest BCUT2D eigenvalue weighted by atomic mass is 10.1. The molecule has 0 aromatic carbocycles. The number of carbonyl (C=O) groups is 3. The predicted molar refractivity (Wildman–Crippen MR) is 288 cm³/mol. The van der Waals surface area contributed by atoms with Crippen molar-refractivity contribution in [2.75, 3.05) is 26.4 Å². The maximum absolute atomic E-state index is 12.8. The Balaban J connectivity index is 4.91. The predicted octanol–water partition coefficient (Wildman–Crippen LogP) is 15.5. The van der Waals surface area contributed by atoms with Gasteiger partial charge in [0.05, 0.1) is 26.2 Å². The number of phosphoric ester groups is 1. The van der Waals surface area contributed by atoms with E-state index in [1.165, 1.54) is 44.9 Å². The van der Waals surface area contributed by atoms with Crippen LogP contribution < -0.4 is 0 Å². The molecular formula is C58H95O11P. The van der Waals surface area contributed by atoms with Crippen LogP contribution in [0, 0.1) is 0 Å². The molecule has 0 bridgehead atoms. The second-order valence-electron chi connectivity index (χ2n) is 17.3. The highest BCUT2D eigenvalue weighted by Gasteiger charge is 2.28. The van der Waals surface area contributed by atoms with Crippen LogP contribution >= 0.6 is 7.82 Å². The summed E-state index contributed by atoms with van der Waals surface area (Å²) in [5.41, 5.74) is 0. The van der Waals surface area contributed by atoms with Gasteiger partial charge in [0.25, 0.3) is 0 Å². The van der Waals surface area contributed by atoms with Crippen LogP contribution in [-0.4, -0.2) is 66.5 Å². The molecule has 0 aliphatic carbocycles. The van der Waals surface area contributed by atoms with Gasteiger partial charge in [-0.2, -0.15) is 0 Å². The van der Waals surface area contributed by atoms with Gasteiger partial charge in [-0.25, -0.2) is 4.57 Å². The first-order valence-corrected chi connectivity index (χ1v) is 28.3. The monoisotopic (exact) mass is 999 g/mol. The van der Waals surface area contributed by atoms with Crippen LogP contribution in [0.5, 0.6) is 0 Å². The molecule has 0 fully saturated rings. The molecule has 0 saturated heterocycles. The normalized spacial score (nSPS) is 14.3. The smallest absolute Gasteiger partial charge is 0.462 e. The molecule has 3 unspecified atom stereocenters. The molecule has 0 heterocycles. The molecule has 70 heavy (non-hydrogen) atoms. The van der Waals surface area contributed by atoms with Crippen LogP contribution in [0.3, 0.4) is 0 Å². The fourth-order valence-corrected chi connectivity index (χ4v) is 7.50. The highest BCUT2D eigenvalue weighted by molar-refractivity contribution is 7.47. The van der Waals surface area contributed by atoms with Gasteiger partial charge in [0.1, 0.15) is 12.7 Å². The van der Waals surface area contributed by atoms with Crippen molar-refractivity contribution in [2.45, 2.75) is 213 Å². The zero-order valence-corrected chi connectivity index (χ0v) is 44.6. The Morgan fingerprint density at radius 1 is 0.429 bits per heavy atom.